The quantitative estimate of drug-likeness (QED) is 0.902. The molecule has 2 aliphatic rings. The third kappa shape index (κ3) is 3.26. The van der Waals surface area contributed by atoms with Gasteiger partial charge in [-0.2, -0.15) is 0 Å². The molecule has 1 aliphatic heterocycles. The minimum atomic E-state index is 0.295. The number of fused-ring (bicyclic) bond motifs is 2. The van der Waals surface area contributed by atoms with Crippen molar-refractivity contribution in [3.8, 4) is 0 Å². The van der Waals surface area contributed by atoms with Crippen LogP contribution in [-0.4, -0.2) is 23.6 Å². The minimum Gasteiger partial charge on any atom is -0.310 e. The molecule has 1 saturated heterocycles. The van der Waals surface area contributed by atoms with E-state index in [2.05, 4.69) is 52.9 Å². The van der Waals surface area contributed by atoms with E-state index in [1.165, 1.54) is 42.9 Å². The number of hydrogen-bond donors (Lipinski definition) is 2. The van der Waals surface area contributed by atoms with Gasteiger partial charge in [-0.1, -0.05) is 37.1 Å². The Hall–Kier alpha value is -1.45. The summed E-state index contributed by atoms with van der Waals surface area (Å²) in [5.41, 5.74) is 1.14. The summed E-state index contributed by atoms with van der Waals surface area (Å²) in [5, 5.41) is 10.0. The number of pyridine rings is 1. The monoisotopic (exact) mass is 309 g/mol. The van der Waals surface area contributed by atoms with Gasteiger partial charge in [-0.3, -0.25) is 4.98 Å². The topological polar surface area (TPSA) is 37.0 Å². The summed E-state index contributed by atoms with van der Waals surface area (Å²) in [4.78, 5) is 4.64. The highest BCUT2D eigenvalue weighted by molar-refractivity contribution is 5.81. The molecule has 0 amide bonds. The van der Waals surface area contributed by atoms with Crippen molar-refractivity contribution in [3.05, 3.63) is 42.2 Å². The maximum Gasteiger partial charge on any atom is 0.0576 e. The van der Waals surface area contributed by atoms with Crippen molar-refractivity contribution in [2.45, 2.75) is 57.2 Å². The summed E-state index contributed by atoms with van der Waals surface area (Å²) in [6, 6.07) is 12.4. The van der Waals surface area contributed by atoms with Gasteiger partial charge in [0, 0.05) is 36.3 Å². The zero-order valence-electron chi connectivity index (χ0n) is 14.0. The molecule has 0 radical (unpaired) electrons. The predicted octanol–water partition coefficient (Wildman–Crippen LogP) is 3.81. The molecule has 0 spiro atoms. The van der Waals surface area contributed by atoms with E-state index >= 15 is 0 Å². The smallest absolute Gasteiger partial charge is 0.0576 e. The van der Waals surface area contributed by atoms with Crippen molar-refractivity contribution in [3.63, 3.8) is 0 Å². The largest absolute Gasteiger partial charge is 0.310 e. The molecule has 2 fully saturated rings. The second-order valence-electron chi connectivity index (χ2n) is 7.34. The Kier molecular flexibility index (Phi) is 4.32. The molecule has 23 heavy (non-hydrogen) atoms. The van der Waals surface area contributed by atoms with Crippen molar-refractivity contribution >= 4 is 10.8 Å². The maximum absolute atomic E-state index is 4.64. The second-order valence-corrected chi connectivity index (χ2v) is 7.34. The van der Waals surface area contributed by atoms with Gasteiger partial charge in [0.05, 0.1) is 5.69 Å². The van der Waals surface area contributed by atoms with Crippen LogP contribution in [0.3, 0.4) is 0 Å². The van der Waals surface area contributed by atoms with Gasteiger partial charge in [-0.05, 0) is 43.6 Å². The molecule has 2 aromatic rings. The first-order valence-corrected chi connectivity index (χ1v) is 9.14. The van der Waals surface area contributed by atoms with Gasteiger partial charge in [0.25, 0.3) is 0 Å². The summed E-state index contributed by atoms with van der Waals surface area (Å²) in [7, 11) is 0. The molecular formula is C20H27N3. The van der Waals surface area contributed by atoms with E-state index in [4.69, 9.17) is 0 Å². The van der Waals surface area contributed by atoms with Crippen LogP contribution >= 0.6 is 0 Å². The van der Waals surface area contributed by atoms with E-state index in [9.17, 15) is 0 Å². The molecule has 3 nitrogen and oxygen atoms in total. The van der Waals surface area contributed by atoms with Crippen LogP contribution in [0.2, 0.25) is 0 Å². The number of nitrogens with zero attached hydrogens (tertiary/aromatic N) is 1. The Morgan fingerprint density at radius 3 is 2.91 bits per heavy atom. The van der Waals surface area contributed by atoms with Crippen LogP contribution in [0, 0.1) is 5.92 Å². The number of nitrogens with one attached hydrogen (secondary N) is 2. The van der Waals surface area contributed by atoms with E-state index in [0.29, 0.717) is 12.1 Å². The van der Waals surface area contributed by atoms with Crippen molar-refractivity contribution in [1.82, 2.24) is 15.6 Å². The third-order valence-electron chi connectivity index (χ3n) is 5.71. The predicted molar refractivity (Wildman–Crippen MR) is 95.4 cm³/mol. The highest BCUT2D eigenvalue weighted by atomic mass is 15.1. The molecule has 3 heteroatoms. The Morgan fingerprint density at radius 2 is 2.04 bits per heavy atom. The van der Waals surface area contributed by atoms with Crippen molar-refractivity contribution < 1.29 is 0 Å². The molecule has 1 aromatic carbocycles. The minimum absolute atomic E-state index is 0.295. The third-order valence-corrected chi connectivity index (χ3v) is 5.71. The first-order chi connectivity index (χ1) is 11.3. The molecule has 2 heterocycles. The lowest BCUT2D eigenvalue weighted by Gasteiger charge is -2.24. The summed E-state index contributed by atoms with van der Waals surface area (Å²) in [5.74, 6) is 0.921. The second kappa shape index (κ2) is 6.58. The van der Waals surface area contributed by atoms with Crippen LogP contribution in [0.5, 0.6) is 0 Å². The lowest BCUT2D eigenvalue weighted by atomic mass is 9.85. The van der Waals surface area contributed by atoms with E-state index in [0.717, 1.165) is 24.2 Å². The van der Waals surface area contributed by atoms with Crippen molar-refractivity contribution in [2.24, 2.45) is 5.92 Å². The molecule has 1 aromatic heterocycles. The van der Waals surface area contributed by atoms with Crippen molar-refractivity contribution in [1.29, 1.82) is 0 Å². The number of aromatic nitrogens is 1. The van der Waals surface area contributed by atoms with E-state index in [1.54, 1.807) is 0 Å². The van der Waals surface area contributed by atoms with Crippen LogP contribution in [0.15, 0.2) is 36.5 Å². The average molecular weight is 309 g/mol. The fourth-order valence-corrected chi connectivity index (χ4v) is 4.35. The van der Waals surface area contributed by atoms with E-state index in [-0.39, 0.29) is 0 Å². The fraction of sp³-hybridized carbons (Fsp3) is 0.550. The number of benzene rings is 1. The van der Waals surface area contributed by atoms with Gasteiger partial charge in [-0.15, -0.1) is 0 Å². The Balaban J connectivity index is 1.36. The van der Waals surface area contributed by atoms with Gasteiger partial charge in [-0.25, -0.2) is 0 Å². The fourth-order valence-electron chi connectivity index (χ4n) is 4.35. The summed E-state index contributed by atoms with van der Waals surface area (Å²) >= 11 is 0. The Morgan fingerprint density at radius 1 is 1.22 bits per heavy atom. The van der Waals surface area contributed by atoms with Gasteiger partial charge >= 0.3 is 0 Å². The van der Waals surface area contributed by atoms with Gasteiger partial charge < -0.3 is 10.6 Å². The van der Waals surface area contributed by atoms with E-state index < -0.39 is 0 Å². The van der Waals surface area contributed by atoms with Crippen LogP contribution in [0.25, 0.3) is 10.8 Å². The molecule has 0 bridgehead atoms. The summed E-state index contributed by atoms with van der Waals surface area (Å²) in [6.07, 6.45) is 8.98. The first-order valence-electron chi connectivity index (χ1n) is 9.14. The molecule has 2 N–H and O–H groups in total. The first kappa shape index (κ1) is 15.1. The van der Waals surface area contributed by atoms with Gasteiger partial charge in [0.15, 0.2) is 0 Å². The molecule has 1 aliphatic carbocycles. The SMILES string of the molecule is CC(NC[C@@H]1C[C@@H]2CCCC[C@@H]2N1)c1cc2ccccc2cn1. The zero-order chi connectivity index (χ0) is 15.6. The summed E-state index contributed by atoms with van der Waals surface area (Å²) in [6.45, 7) is 3.27. The lowest BCUT2D eigenvalue weighted by molar-refractivity contribution is 0.325. The van der Waals surface area contributed by atoms with Crippen LogP contribution < -0.4 is 10.6 Å². The van der Waals surface area contributed by atoms with Crippen LogP contribution in [0.4, 0.5) is 0 Å². The Labute approximate surface area is 138 Å². The van der Waals surface area contributed by atoms with Gasteiger partial charge in [0.1, 0.15) is 0 Å². The van der Waals surface area contributed by atoms with E-state index in [1.807, 2.05) is 6.20 Å². The molecule has 1 unspecified atom stereocenters. The standard InChI is InChI=1S/C20H27N3/c1-14(20-11-15-6-2-3-8-17(15)12-22-20)21-13-18-10-16-7-4-5-9-19(16)23-18/h2-3,6,8,11-12,14,16,18-19,21,23H,4-5,7,9-10,13H2,1H3/t14?,16-,18-,19-/m0/s1. The molecule has 1 saturated carbocycles. The Bertz CT molecular complexity index is 655. The number of rotatable bonds is 4. The molecule has 122 valence electrons. The molecule has 4 rings (SSSR count). The van der Waals surface area contributed by atoms with Crippen LogP contribution in [0.1, 0.15) is 50.8 Å². The molecular weight excluding hydrogens is 282 g/mol. The highest BCUT2D eigenvalue weighted by Crippen LogP contribution is 2.33. The normalized spacial score (nSPS) is 28.7. The molecule has 4 atom stereocenters. The average Bonchev–Trinajstić information content (AvgIpc) is 3.02. The van der Waals surface area contributed by atoms with Crippen LogP contribution in [-0.2, 0) is 0 Å². The highest BCUT2D eigenvalue weighted by Gasteiger charge is 2.34. The summed E-state index contributed by atoms with van der Waals surface area (Å²) < 4.78 is 0. The number of hydrogen-bond acceptors (Lipinski definition) is 3. The van der Waals surface area contributed by atoms with Gasteiger partial charge in [0.2, 0.25) is 0 Å². The maximum atomic E-state index is 4.64. The zero-order valence-corrected chi connectivity index (χ0v) is 14.0. The van der Waals surface area contributed by atoms with Crippen molar-refractivity contribution in [2.75, 3.05) is 6.54 Å². The lowest BCUT2D eigenvalue weighted by Crippen LogP contribution is -2.39.